The molecule has 26 heavy (non-hydrogen) atoms. The van der Waals surface area contributed by atoms with Crippen molar-refractivity contribution in [2.45, 2.75) is 6.54 Å². The standard InChI is InChI=1S/C17H17N5O3S/c23-14(18-10-12-4-2-1-3-5-12)13-11-19-16-22(15(13)24)20-17(26-16)21-6-8-25-9-7-21/h1-5,11H,6-10H2,(H,18,23). The second kappa shape index (κ2) is 7.22. The van der Waals surface area contributed by atoms with Crippen LogP contribution in [0.5, 0.6) is 0 Å². The molecule has 3 aromatic rings. The van der Waals surface area contributed by atoms with Crippen LogP contribution in [0, 0.1) is 0 Å². The van der Waals surface area contributed by atoms with Gasteiger partial charge < -0.3 is 15.0 Å². The van der Waals surface area contributed by atoms with Gasteiger partial charge in [-0.2, -0.15) is 4.52 Å². The average molecular weight is 371 g/mol. The first-order valence-electron chi connectivity index (χ1n) is 8.26. The maximum absolute atomic E-state index is 12.6. The van der Waals surface area contributed by atoms with E-state index < -0.39 is 11.5 Å². The number of nitrogens with one attached hydrogen (secondary N) is 1. The minimum atomic E-state index is -0.462. The number of hydrogen-bond donors (Lipinski definition) is 1. The summed E-state index contributed by atoms with van der Waals surface area (Å²) >= 11 is 1.33. The number of benzene rings is 1. The number of aromatic nitrogens is 3. The summed E-state index contributed by atoms with van der Waals surface area (Å²) in [6, 6.07) is 9.51. The zero-order valence-corrected chi connectivity index (χ0v) is 14.7. The Bertz CT molecular complexity index is 979. The first-order valence-corrected chi connectivity index (χ1v) is 9.08. The first kappa shape index (κ1) is 16.7. The first-order chi connectivity index (χ1) is 12.7. The summed E-state index contributed by atoms with van der Waals surface area (Å²) in [4.78, 5) is 31.8. The maximum atomic E-state index is 12.6. The molecular weight excluding hydrogens is 354 g/mol. The molecule has 2 aromatic heterocycles. The number of hydrogen-bond acceptors (Lipinski definition) is 7. The van der Waals surface area contributed by atoms with Gasteiger partial charge in [-0.15, -0.1) is 5.10 Å². The van der Waals surface area contributed by atoms with Crippen LogP contribution in [-0.2, 0) is 11.3 Å². The van der Waals surface area contributed by atoms with Gasteiger partial charge in [0.2, 0.25) is 10.1 Å². The number of amides is 1. The molecule has 9 heteroatoms. The molecule has 0 saturated carbocycles. The van der Waals surface area contributed by atoms with Crippen LogP contribution >= 0.6 is 11.3 Å². The van der Waals surface area contributed by atoms with E-state index in [2.05, 4.69) is 20.3 Å². The third kappa shape index (κ3) is 3.31. The smallest absolute Gasteiger partial charge is 0.288 e. The second-order valence-corrected chi connectivity index (χ2v) is 6.76. The van der Waals surface area contributed by atoms with Gasteiger partial charge in [0, 0.05) is 25.8 Å². The van der Waals surface area contributed by atoms with Gasteiger partial charge in [-0.05, 0) is 5.56 Å². The number of anilines is 1. The zero-order chi connectivity index (χ0) is 17.9. The maximum Gasteiger partial charge on any atom is 0.288 e. The van der Waals surface area contributed by atoms with Crippen molar-refractivity contribution >= 4 is 27.3 Å². The summed E-state index contributed by atoms with van der Waals surface area (Å²) in [5.74, 6) is -0.457. The van der Waals surface area contributed by atoms with E-state index in [9.17, 15) is 9.59 Å². The molecule has 0 spiro atoms. The van der Waals surface area contributed by atoms with E-state index in [1.807, 2.05) is 30.3 Å². The van der Waals surface area contributed by atoms with Crippen molar-refractivity contribution in [3.63, 3.8) is 0 Å². The summed E-state index contributed by atoms with van der Waals surface area (Å²) in [7, 11) is 0. The van der Waals surface area contributed by atoms with Crippen molar-refractivity contribution in [1.82, 2.24) is 19.9 Å². The normalized spacial score (nSPS) is 14.5. The Hall–Kier alpha value is -2.78. The van der Waals surface area contributed by atoms with Gasteiger partial charge in [0.1, 0.15) is 5.56 Å². The van der Waals surface area contributed by atoms with Crippen molar-refractivity contribution in [1.29, 1.82) is 0 Å². The molecular formula is C17H17N5O3S. The lowest BCUT2D eigenvalue weighted by atomic mass is 10.2. The number of carbonyl (C=O) groups excluding carboxylic acids is 1. The van der Waals surface area contributed by atoms with Gasteiger partial charge in [-0.1, -0.05) is 41.7 Å². The van der Waals surface area contributed by atoms with Crippen molar-refractivity contribution in [2.24, 2.45) is 0 Å². The summed E-state index contributed by atoms with van der Waals surface area (Å²) in [6.45, 7) is 3.05. The van der Waals surface area contributed by atoms with Crippen LogP contribution in [0.1, 0.15) is 15.9 Å². The fourth-order valence-electron chi connectivity index (χ4n) is 2.69. The molecule has 0 unspecified atom stereocenters. The van der Waals surface area contributed by atoms with Crippen LogP contribution in [0.25, 0.3) is 4.96 Å². The molecule has 0 radical (unpaired) electrons. The summed E-state index contributed by atoms with van der Waals surface area (Å²) < 4.78 is 6.53. The van der Waals surface area contributed by atoms with E-state index >= 15 is 0 Å². The lowest BCUT2D eigenvalue weighted by Gasteiger charge is -2.25. The van der Waals surface area contributed by atoms with Crippen LogP contribution in [0.3, 0.4) is 0 Å². The molecule has 3 heterocycles. The molecule has 1 N–H and O–H groups in total. The summed E-state index contributed by atoms with van der Waals surface area (Å²) in [5.41, 5.74) is 0.479. The van der Waals surface area contributed by atoms with Gasteiger partial charge >= 0.3 is 0 Å². The highest BCUT2D eigenvalue weighted by molar-refractivity contribution is 7.20. The Morgan fingerprint density at radius 2 is 2.00 bits per heavy atom. The predicted octanol–water partition coefficient (Wildman–Crippen LogP) is 0.918. The van der Waals surface area contributed by atoms with Gasteiger partial charge in [-0.25, -0.2) is 4.98 Å². The largest absolute Gasteiger partial charge is 0.378 e. The van der Waals surface area contributed by atoms with E-state index in [0.717, 1.165) is 18.7 Å². The Balaban J connectivity index is 1.56. The van der Waals surface area contributed by atoms with Crippen molar-refractivity contribution in [3.8, 4) is 0 Å². The zero-order valence-electron chi connectivity index (χ0n) is 13.9. The number of fused-ring (bicyclic) bond motifs is 1. The molecule has 0 bridgehead atoms. The van der Waals surface area contributed by atoms with Crippen LogP contribution in [0.15, 0.2) is 41.3 Å². The third-order valence-corrected chi connectivity index (χ3v) is 5.08. The minimum absolute atomic E-state index is 0.0164. The molecule has 1 fully saturated rings. The van der Waals surface area contributed by atoms with Crippen LogP contribution in [0.2, 0.25) is 0 Å². The fourth-order valence-corrected chi connectivity index (χ4v) is 3.60. The number of ether oxygens (including phenoxy) is 1. The quantitative estimate of drug-likeness (QED) is 0.734. The second-order valence-electron chi connectivity index (χ2n) is 5.82. The molecule has 0 aliphatic carbocycles. The molecule has 1 aliphatic rings. The SMILES string of the molecule is O=C(NCc1ccccc1)c1cnc2sc(N3CCOCC3)nn2c1=O. The Labute approximate surface area is 153 Å². The van der Waals surface area contributed by atoms with E-state index in [0.29, 0.717) is 29.9 Å². The van der Waals surface area contributed by atoms with Crippen molar-refractivity contribution in [3.05, 3.63) is 58.0 Å². The van der Waals surface area contributed by atoms with E-state index in [4.69, 9.17) is 4.74 Å². The van der Waals surface area contributed by atoms with Crippen LogP contribution in [0.4, 0.5) is 5.13 Å². The number of carbonyl (C=O) groups is 1. The molecule has 1 aliphatic heterocycles. The molecule has 134 valence electrons. The van der Waals surface area contributed by atoms with Gasteiger partial charge in [0.25, 0.3) is 11.5 Å². The summed E-state index contributed by atoms with van der Waals surface area (Å²) in [5, 5.41) is 7.80. The molecule has 1 amide bonds. The van der Waals surface area contributed by atoms with Gasteiger partial charge in [-0.3, -0.25) is 9.59 Å². The van der Waals surface area contributed by atoms with Crippen molar-refractivity contribution < 1.29 is 9.53 Å². The van der Waals surface area contributed by atoms with Crippen LogP contribution < -0.4 is 15.8 Å². The lowest BCUT2D eigenvalue weighted by molar-refractivity contribution is 0.0948. The molecule has 4 rings (SSSR count). The minimum Gasteiger partial charge on any atom is -0.378 e. The number of rotatable bonds is 4. The van der Waals surface area contributed by atoms with Gasteiger partial charge in [0.05, 0.1) is 13.2 Å². The highest BCUT2D eigenvalue weighted by Gasteiger charge is 2.19. The molecule has 8 nitrogen and oxygen atoms in total. The highest BCUT2D eigenvalue weighted by Crippen LogP contribution is 2.21. The topological polar surface area (TPSA) is 88.8 Å². The average Bonchev–Trinajstić information content (AvgIpc) is 3.13. The molecule has 0 atom stereocenters. The van der Waals surface area contributed by atoms with E-state index in [1.165, 1.54) is 22.0 Å². The van der Waals surface area contributed by atoms with Crippen LogP contribution in [-0.4, -0.2) is 46.8 Å². The van der Waals surface area contributed by atoms with Gasteiger partial charge in [0.15, 0.2) is 0 Å². The molecule has 1 saturated heterocycles. The Kier molecular flexibility index (Phi) is 4.63. The number of morpholine rings is 1. The molecule has 1 aromatic carbocycles. The predicted molar refractivity (Wildman–Crippen MR) is 97.8 cm³/mol. The number of nitrogens with zero attached hydrogens (tertiary/aromatic N) is 4. The lowest BCUT2D eigenvalue weighted by Crippen LogP contribution is -2.36. The van der Waals surface area contributed by atoms with E-state index in [-0.39, 0.29) is 5.56 Å². The summed E-state index contributed by atoms with van der Waals surface area (Å²) in [6.07, 6.45) is 1.32. The highest BCUT2D eigenvalue weighted by atomic mass is 32.1. The third-order valence-electron chi connectivity index (χ3n) is 4.10. The monoisotopic (exact) mass is 371 g/mol. The Morgan fingerprint density at radius 3 is 2.77 bits per heavy atom. The fraction of sp³-hybridized carbons (Fsp3) is 0.294. The van der Waals surface area contributed by atoms with E-state index in [1.54, 1.807) is 0 Å². The van der Waals surface area contributed by atoms with Crippen molar-refractivity contribution in [2.75, 3.05) is 31.2 Å². The Morgan fingerprint density at radius 1 is 1.23 bits per heavy atom.